The van der Waals surface area contributed by atoms with Crippen molar-refractivity contribution in [3.05, 3.63) is 34.9 Å². The van der Waals surface area contributed by atoms with Crippen LogP contribution in [-0.4, -0.2) is 34.4 Å². The number of aryl methyl sites for hydroxylation is 1. The Morgan fingerprint density at radius 3 is 2.74 bits per heavy atom. The van der Waals surface area contributed by atoms with Crippen molar-refractivity contribution in [2.75, 3.05) is 0 Å². The van der Waals surface area contributed by atoms with Gasteiger partial charge in [0.25, 0.3) is 5.91 Å². The van der Waals surface area contributed by atoms with Gasteiger partial charge in [0.05, 0.1) is 0 Å². The predicted molar refractivity (Wildman–Crippen MR) is 100.0 cm³/mol. The van der Waals surface area contributed by atoms with Crippen LogP contribution in [0, 0.1) is 0 Å². The second kappa shape index (κ2) is 8.46. The summed E-state index contributed by atoms with van der Waals surface area (Å²) in [5.41, 5.74) is 2.39. The molecule has 0 saturated carbocycles. The zero-order valence-corrected chi connectivity index (χ0v) is 15.8. The summed E-state index contributed by atoms with van der Waals surface area (Å²) in [5, 5.41) is 2.32. The number of benzene rings is 1. The molecule has 2 heterocycles. The van der Waals surface area contributed by atoms with Gasteiger partial charge in [0.1, 0.15) is 11.8 Å². The molecular weight excluding hydrogens is 344 g/mol. The van der Waals surface area contributed by atoms with E-state index in [4.69, 9.17) is 0 Å². The largest absolute Gasteiger partial charge is 0.322 e. The van der Waals surface area contributed by atoms with Crippen molar-refractivity contribution in [3.8, 4) is 0 Å². The molecule has 1 N–H and O–H groups in total. The molecule has 1 fully saturated rings. The number of fused-ring (bicyclic) bond motifs is 1. The molecule has 144 valence electrons. The van der Waals surface area contributed by atoms with Gasteiger partial charge in [0.15, 0.2) is 0 Å². The lowest BCUT2D eigenvalue weighted by atomic mass is 9.97. The zero-order chi connectivity index (χ0) is 19.4. The monoisotopic (exact) mass is 370 g/mol. The fourth-order valence-electron chi connectivity index (χ4n) is 3.87. The second-order valence-corrected chi connectivity index (χ2v) is 7.35. The lowest BCUT2D eigenvalue weighted by molar-refractivity contribution is -0.137. The van der Waals surface area contributed by atoms with Crippen molar-refractivity contribution in [2.24, 2.45) is 0 Å². The third-order valence-electron chi connectivity index (χ3n) is 5.37. The fourth-order valence-corrected chi connectivity index (χ4v) is 3.87. The molecule has 0 aromatic heterocycles. The Bertz CT molecular complexity index is 771. The molecule has 6 heteroatoms. The van der Waals surface area contributed by atoms with Crippen molar-refractivity contribution in [3.63, 3.8) is 0 Å². The maximum atomic E-state index is 13.0. The fraction of sp³-hybridized carbons (Fsp3) is 0.524. The van der Waals surface area contributed by atoms with Crippen LogP contribution in [0.5, 0.6) is 0 Å². The molecule has 6 nitrogen and oxygen atoms in total. The van der Waals surface area contributed by atoms with E-state index in [-0.39, 0.29) is 24.0 Å². The number of unbranched alkanes of at least 4 members (excludes halogenated alkanes) is 2. The Morgan fingerprint density at radius 1 is 1.19 bits per heavy atom. The average molecular weight is 370 g/mol. The van der Waals surface area contributed by atoms with E-state index in [0.29, 0.717) is 37.8 Å². The smallest absolute Gasteiger partial charge is 0.255 e. The maximum Gasteiger partial charge on any atom is 0.255 e. The third kappa shape index (κ3) is 4.26. The lowest BCUT2D eigenvalue weighted by Crippen LogP contribution is -2.52. The van der Waals surface area contributed by atoms with Crippen LogP contribution in [0.3, 0.4) is 0 Å². The number of carbonyl (C=O) groups excluding carboxylic acids is 4. The van der Waals surface area contributed by atoms with Gasteiger partial charge in [-0.15, -0.1) is 0 Å². The van der Waals surface area contributed by atoms with Gasteiger partial charge in [-0.1, -0.05) is 38.0 Å². The Hall–Kier alpha value is -2.50. The summed E-state index contributed by atoms with van der Waals surface area (Å²) >= 11 is 0. The number of nitrogens with zero attached hydrogens (tertiary/aromatic N) is 1. The Kier molecular flexibility index (Phi) is 6.04. The van der Waals surface area contributed by atoms with Gasteiger partial charge in [0, 0.05) is 31.4 Å². The first-order chi connectivity index (χ1) is 13.0. The quantitative estimate of drug-likeness (QED) is 0.563. The highest BCUT2D eigenvalue weighted by atomic mass is 16.2. The molecule has 0 aliphatic carbocycles. The minimum atomic E-state index is -0.605. The molecule has 1 unspecified atom stereocenters. The van der Waals surface area contributed by atoms with Gasteiger partial charge >= 0.3 is 0 Å². The summed E-state index contributed by atoms with van der Waals surface area (Å²) in [6, 6.07) is 5.08. The maximum absolute atomic E-state index is 13.0. The van der Waals surface area contributed by atoms with E-state index in [1.165, 1.54) is 0 Å². The van der Waals surface area contributed by atoms with E-state index in [0.717, 1.165) is 30.4 Å². The topological polar surface area (TPSA) is 83.6 Å². The molecular formula is C21H26N2O4. The van der Waals surface area contributed by atoms with E-state index in [1.54, 1.807) is 4.90 Å². The molecule has 1 aromatic carbocycles. The highest BCUT2D eigenvalue weighted by molar-refractivity contribution is 6.06. The molecule has 1 atom stereocenters. The summed E-state index contributed by atoms with van der Waals surface area (Å²) in [4.78, 5) is 50.1. The van der Waals surface area contributed by atoms with Crippen LogP contribution in [-0.2, 0) is 27.3 Å². The first-order valence-electron chi connectivity index (χ1n) is 9.78. The van der Waals surface area contributed by atoms with Crippen LogP contribution < -0.4 is 5.32 Å². The summed E-state index contributed by atoms with van der Waals surface area (Å²) in [7, 11) is 0. The Labute approximate surface area is 159 Å². The molecule has 2 aliphatic rings. The number of rotatable bonds is 8. The molecule has 2 aliphatic heterocycles. The van der Waals surface area contributed by atoms with Crippen LogP contribution in [0.2, 0.25) is 0 Å². The Balaban J connectivity index is 1.68. The van der Waals surface area contributed by atoms with Crippen molar-refractivity contribution in [1.29, 1.82) is 0 Å². The molecule has 0 bridgehead atoms. The molecule has 1 aromatic rings. The predicted octanol–water partition coefficient (Wildman–Crippen LogP) is 2.53. The van der Waals surface area contributed by atoms with Crippen LogP contribution in [0.4, 0.5) is 0 Å². The normalized spacial score (nSPS) is 19.2. The number of carbonyl (C=O) groups is 4. The lowest BCUT2D eigenvalue weighted by Gasteiger charge is -2.29. The number of Topliss-reactive ketones (excluding diaryl/α,β-unsaturated/α-hetero) is 1. The van der Waals surface area contributed by atoms with Crippen LogP contribution >= 0.6 is 0 Å². The molecule has 3 amide bonds. The molecule has 27 heavy (non-hydrogen) atoms. The van der Waals surface area contributed by atoms with E-state index in [9.17, 15) is 19.2 Å². The number of hydrogen-bond donors (Lipinski definition) is 1. The molecule has 0 radical (unpaired) electrons. The summed E-state index contributed by atoms with van der Waals surface area (Å²) < 4.78 is 0. The standard InChI is InChI=1S/C21H26N2O4/c1-2-3-4-8-16(24)10-9-14-6-5-7-15-13-23(21(27)19(14)15)17-11-12-18(25)22-20(17)26/h5-7,17H,2-4,8-13H2,1H3,(H,22,25,26). The molecule has 0 spiro atoms. The zero-order valence-electron chi connectivity index (χ0n) is 15.8. The number of hydrogen-bond acceptors (Lipinski definition) is 4. The SMILES string of the molecule is CCCCCC(=O)CCc1cccc2c1C(=O)N(C1CCC(=O)NC1=O)C2. The first kappa shape index (κ1) is 19.3. The third-order valence-corrected chi connectivity index (χ3v) is 5.37. The van der Waals surface area contributed by atoms with Crippen molar-refractivity contribution in [1.82, 2.24) is 10.2 Å². The number of nitrogens with one attached hydrogen (secondary N) is 1. The van der Waals surface area contributed by atoms with Crippen LogP contribution in [0.1, 0.15) is 73.4 Å². The van der Waals surface area contributed by atoms with Crippen LogP contribution in [0.15, 0.2) is 18.2 Å². The number of imide groups is 1. The van der Waals surface area contributed by atoms with Crippen LogP contribution in [0.25, 0.3) is 0 Å². The highest BCUT2D eigenvalue weighted by Crippen LogP contribution is 2.30. The first-order valence-corrected chi connectivity index (χ1v) is 9.78. The summed E-state index contributed by atoms with van der Waals surface area (Å²) in [6.07, 6.45) is 5.25. The van der Waals surface area contributed by atoms with Crippen molar-refractivity contribution in [2.45, 2.75) is 70.9 Å². The van der Waals surface area contributed by atoms with Gasteiger partial charge in [-0.25, -0.2) is 0 Å². The van der Waals surface area contributed by atoms with Gasteiger partial charge in [-0.05, 0) is 30.4 Å². The van der Waals surface area contributed by atoms with Crippen molar-refractivity contribution >= 4 is 23.5 Å². The number of ketones is 1. The average Bonchev–Trinajstić information content (AvgIpc) is 2.97. The summed E-state index contributed by atoms with van der Waals surface area (Å²) in [5.74, 6) is -0.634. The Morgan fingerprint density at radius 2 is 2.00 bits per heavy atom. The minimum Gasteiger partial charge on any atom is -0.322 e. The number of amides is 3. The van der Waals surface area contributed by atoms with Gasteiger partial charge in [-0.3, -0.25) is 24.5 Å². The minimum absolute atomic E-state index is 0.173. The van der Waals surface area contributed by atoms with E-state index < -0.39 is 11.9 Å². The molecule has 1 saturated heterocycles. The summed E-state index contributed by atoms with van der Waals surface area (Å²) in [6.45, 7) is 2.48. The number of piperidine rings is 1. The second-order valence-electron chi connectivity index (χ2n) is 7.35. The highest BCUT2D eigenvalue weighted by Gasteiger charge is 2.39. The van der Waals surface area contributed by atoms with E-state index in [2.05, 4.69) is 12.2 Å². The van der Waals surface area contributed by atoms with Gasteiger partial charge in [-0.2, -0.15) is 0 Å². The van der Waals surface area contributed by atoms with Gasteiger partial charge in [0.2, 0.25) is 11.8 Å². The van der Waals surface area contributed by atoms with Crippen molar-refractivity contribution < 1.29 is 19.2 Å². The van der Waals surface area contributed by atoms with Gasteiger partial charge < -0.3 is 4.90 Å². The van der Waals surface area contributed by atoms with E-state index in [1.807, 2.05) is 18.2 Å². The molecule has 3 rings (SSSR count). The van der Waals surface area contributed by atoms with E-state index >= 15 is 0 Å².